The van der Waals surface area contributed by atoms with E-state index in [2.05, 4.69) is 42.0 Å². The number of carbonyl (C=O) groups excluding carboxylic acids is 2. The molecule has 7 heteroatoms. The number of esters is 1. The Morgan fingerprint density at radius 1 is 1.15 bits per heavy atom. The van der Waals surface area contributed by atoms with Gasteiger partial charge in [-0.25, -0.2) is 9.78 Å². The van der Waals surface area contributed by atoms with Crippen molar-refractivity contribution in [3.8, 4) is 11.3 Å². The molecule has 0 unspecified atom stereocenters. The van der Waals surface area contributed by atoms with Crippen molar-refractivity contribution in [1.82, 2.24) is 4.98 Å². The largest absolute Gasteiger partial charge is 0.465 e. The van der Waals surface area contributed by atoms with Gasteiger partial charge in [0.1, 0.15) is 5.00 Å². The first-order chi connectivity index (χ1) is 18.6. The van der Waals surface area contributed by atoms with Crippen LogP contribution in [0.15, 0.2) is 53.0 Å². The zero-order valence-corrected chi connectivity index (χ0v) is 25.4. The quantitative estimate of drug-likeness (QED) is 0.224. The molecule has 5 rings (SSSR count). The average molecular weight is 606 g/mol. The highest BCUT2D eigenvalue weighted by Gasteiger charge is 2.35. The van der Waals surface area contributed by atoms with E-state index in [0.29, 0.717) is 22.0 Å². The summed E-state index contributed by atoms with van der Waals surface area (Å²) in [4.78, 5) is 32.9. The number of halogens is 1. The molecule has 4 aromatic rings. The normalized spacial score (nSPS) is 15.2. The summed E-state index contributed by atoms with van der Waals surface area (Å²) in [5.74, 6) is -0.150. The lowest BCUT2D eigenvalue weighted by molar-refractivity contribution is 0.0600. The van der Waals surface area contributed by atoms with Gasteiger partial charge in [-0.3, -0.25) is 4.79 Å². The molecule has 1 amide bonds. The zero-order valence-electron chi connectivity index (χ0n) is 23.0. The highest BCUT2D eigenvalue weighted by atomic mass is 79.9. The summed E-state index contributed by atoms with van der Waals surface area (Å²) in [5.41, 5.74) is 5.78. The summed E-state index contributed by atoms with van der Waals surface area (Å²) in [6.07, 6.45) is 3.83. The Hall–Kier alpha value is -3.03. The molecule has 2 aromatic heterocycles. The second kappa shape index (κ2) is 10.9. The lowest BCUT2D eigenvalue weighted by Gasteiger charge is -2.36. The first kappa shape index (κ1) is 27.5. The molecule has 0 aliphatic heterocycles. The van der Waals surface area contributed by atoms with Crippen molar-refractivity contribution in [2.24, 2.45) is 11.3 Å². The van der Waals surface area contributed by atoms with Crippen LogP contribution in [0.3, 0.4) is 0 Å². The number of carbonyl (C=O) groups is 2. The van der Waals surface area contributed by atoms with Crippen molar-refractivity contribution in [3.05, 3.63) is 80.1 Å². The highest BCUT2D eigenvalue weighted by Crippen LogP contribution is 2.46. The Balaban J connectivity index is 1.57. The molecule has 1 atom stereocenters. The Kier molecular flexibility index (Phi) is 7.66. The predicted molar refractivity (Wildman–Crippen MR) is 163 cm³/mol. The van der Waals surface area contributed by atoms with Crippen LogP contribution in [0.2, 0.25) is 0 Å². The second-order valence-electron chi connectivity index (χ2n) is 11.0. The summed E-state index contributed by atoms with van der Waals surface area (Å²) in [7, 11) is 1.39. The maximum absolute atomic E-state index is 13.9. The molecule has 0 fully saturated rings. The monoisotopic (exact) mass is 604 g/mol. The van der Waals surface area contributed by atoms with E-state index < -0.39 is 5.97 Å². The van der Waals surface area contributed by atoms with Gasteiger partial charge in [-0.05, 0) is 67.3 Å². The van der Waals surface area contributed by atoms with Crippen LogP contribution >= 0.6 is 27.3 Å². The highest BCUT2D eigenvalue weighted by molar-refractivity contribution is 9.10. The number of methoxy groups -OCH3 is 1. The molecule has 1 aliphatic carbocycles. The fourth-order valence-corrected chi connectivity index (χ4v) is 7.05. The number of amides is 1. The maximum Gasteiger partial charge on any atom is 0.341 e. The number of nitrogens with one attached hydrogen (secondary N) is 1. The summed E-state index contributed by atoms with van der Waals surface area (Å²) in [5, 5.41) is 4.40. The first-order valence-corrected chi connectivity index (χ1v) is 14.9. The van der Waals surface area contributed by atoms with Crippen LogP contribution in [-0.4, -0.2) is 24.0 Å². The number of anilines is 1. The molecule has 1 N–H and O–H groups in total. The molecule has 0 bridgehead atoms. The van der Waals surface area contributed by atoms with E-state index in [1.54, 1.807) is 0 Å². The molecule has 2 heterocycles. The number of fused-ring (bicyclic) bond motifs is 2. The molecular formula is C32H33BrN2O3S. The van der Waals surface area contributed by atoms with Crippen molar-refractivity contribution in [3.63, 3.8) is 0 Å². The van der Waals surface area contributed by atoms with Crippen molar-refractivity contribution in [2.45, 2.75) is 53.4 Å². The third-order valence-electron chi connectivity index (χ3n) is 8.26. The Morgan fingerprint density at radius 3 is 2.59 bits per heavy atom. The standard InChI is InChI=1S/C32H33BrN2O3S/c1-6-32(3,4)20-11-13-22-27(15-20)39-30(28(22)31(37)38-5)35-29(36)24-17-26(19-9-7-18(2)8-10-19)34-25-14-12-21(33)16-23(24)25/h7-10,12,14,16-17,20H,6,11,13,15H2,1-5H3,(H,35,36)/t20-/m1/s1. The number of aromatic nitrogens is 1. The van der Waals surface area contributed by atoms with Gasteiger partial charge in [0.15, 0.2) is 0 Å². The van der Waals surface area contributed by atoms with Gasteiger partial charge in [0, 0.05) is 20.3 Å². The Bertz CT molecular complexity index is 1570. The lowest BCUT2D eigenvalue weighted by Crippen LogP contribution is -2.28. The number of pyridine rings is 1. The lowest BCUT2D eigenvalue weighted by atomic mass is 9.69. The molecule has 0 spiro atoms. The van der Waals surface area contributed by atoms with Gasteiger partial charge in [0.25, 0.3) is 5.91 Å². The van der Waals surface area contributed by atoms with E-state index in [4.69, 9.17) is 9.72 Å². The van der Waals surface area contributed by atoms with Crippen molar-refractivity contribution in [2.75, 3.05) is 12.4 Å². The smallest absolute Gasteiger partial charge is 0.341 e. The van der Waals surface area contributed by atoms with E-state index >= 15 is 0 Å². The van der Waals surface area contributed by atoms with Crippen LogP contribution in [0.25, 0.3) is 22.2 Å². The topological polar surface area (TPSA) is 68.3 Å². The molecule has 0 saturated heterocycles. The molecule has 0 saturated carbocycles. The van der Waals surface area contributed by atoms with Crippen molar-refractivity contribution >= 4 is 55.0 Å². The predicted octanol–water partition coefficient (Wildman–Crippen LogP) is 8.61. The van der Waals surface area contributed by atoms with Crippen LogP contribution in [0, 0.1) is 18.3 Å². The van der Waals surface area contributed by atoms with E-state index in [1.165, 1.54) is 23.3 Å². The van der Waals surface area contributed by atoms with Crippen LogP contribution in [0.1, 0.15) is 70.3 Å². The van der Waals surface area contributed by atoms with Gasteiger partial charge >= 0.3 is 5.97 Å². The maximum atomic E-state index is 13.9. The van der Waals surface area contributed by atoms with Gasteiger partial charge in [-0.15, -0.1) is 11.3 Å². The number of thiophene rings is 1. The van der Waals surface area contributed by atoms with Crippen molar-refractivity contribution in [1.29, 1.82) is 0 Å². The summed E-state index contributed by atoms with van der Waals surface area (Å²) in [6, 6.07) is 15.7. The number of hydrogen-bond donors (Lipinski definition) is 1. The zero-order chi connectivity index (χ0) is 27.9. The van der Waals surface area contributed by atoms with Crippen LogP contribution in [0.5, 0.6) is 0 Å². The first-order valence-electron chi connectivity index (χ1n) is 13.3. The minimum atomic E-state index is -0.404. The third-order valence-corrected chi connectivity index (χ3v) is 9.92. The number of nitrogens with zero attached hydrogens (tertiary/aromatic N) is 1. The van der Waals surface area contributed by atoms with Gasteiger partial charge in [-0.1, -0.05) is 73.0 Å². The van der Waals surface area contributed by atoms with Crippen LogP contribution < -0.4 is 5.32 Å². The summed E-state index contributed by atoms with van der Waals surface area (Å²) >= 11 is 5.05. The van der Waals surface area contributed by atoms with E-state index in [9.17, 15) is 9.59 Å². The number of hydrogen-bond acceptors (Lipinski definition) is 5. The minimum absolute atomic E-state index is 0.215. The third kappa shape index (κ3) is 5.39. The van der Waals surface area contributed by atoms with E-state index in [1.807, 2.05) is 55.5 Å². The van der Waals surface area contributed by atoms with E-state index in [-0.39, 0.29) is 11.3 Å². The molecular weight excluding hydrogens is 572 g/mol. The Labute approximate surface area is 242 Å². The fourth-order valence-electron chi connectivity index (χ4n) is 5.38. The van der Waals surface area contributed by atoms with Gasteiger partial charge in [0.2, 0.25) is 0 Å². The molecule has 0 radical (unpaired) electrons. The average Bonchev–Trinajstić information content (AvgIpc) is 3.29. The summed E-state index contributed by atoms with van der Waals surface area (Å²) < 4.78 is 6.04. The SMILES string of the molecule is CCC(C)(C)[C@@H]1CCc2c(sc(NC(=O)c3cc(-c4ccc(C)cc4)nc4ccc(Br)cc34)c2C(=O)OC)C1. The molecule has 2 aromatic carbocycles. The van der Waals surface area contributed by atoms with E-state index in [0.717, 1.165) is 63.4 Å². The number of rotatable bonds is 6. The van der Waals surface area contributed by atoms with Crippen LogP contribution in [0.4, 0.5) is 5.00 Å². The van der Waals surface area contributed by atoms with Crippen molar-refractivity contribution < 1.29 is 14.3 Å². The number of aryl methyl sites for hydroxylation is 1. The number of benzene rings is 2. The second-order valence-corrected chi connectivity index (χ2v) is 13.0. The molecule has 39 heavy (non-hydrogen) atoms. The minimum Gasteiger partial charge on any atom is -0.465 e. The van der Waals surface area contributed by atoms with Crippen LogP contribution in [-0.2, 0) is 17.6 Å². The fraction of sp³-hybridized carbons (Fsp3) is 0.344. The Morgan fingerprint density at radius 2 is 1.90 bits per heavy atom. The van der Waals surface area contributed by atoms with Gasteiger partial charge in [0.05, 0.1) is 29.4 Å². The molecule has 1 aliphatic rings. The van der Waals surface area contributed by atoms with Gasteiger partial charge < -0.3 is 10.1 Å². The summed E-state index contributed by atoms with van der Waals surface area (Å²) in [6.45, 7) is 8.91. The number of ether oxygens (including phenoxy) is 1. The molecule has 5 nitrogen and oxygen atoms in total. The van der Waals surface area contributed by atoms with Gasteiger partial charge in [-0.2, -0.15) is 0 Å². The molecule has 202 valence electrons.